The Balaban J connectivity index is 1.83. The molecule has 2 heterocycles. The predicted octanol–water partition coefficient (Wildman–Crippen LogP) is 5.02. The van der Waals surface area contributed by atoms with Crippen molar-refractivity contribution < 1.29 is 23.7 Å². The van der Waals surface area contributed by atoms with Gasteiger partial charge in [-0.3, -0.25) is 14.9 Å². The fourth-order valence-corrected chi connectivity index (χ4v) is 4.64. The van der Waals surface area contributed by atoms with E-state index < -0.39 is 16.8 Å². The molecule has 0 radical (unpaired) electrons. The molecule has 2 aliphatic rings. The summed E-state index contributed by atoms with van der Waals surface area (Å²) in [4.78, 5) is 36.9. The number of hydrogen-bond acceptors (Lipinski definition) is 7. The SMILES string of the molecule is CCOC(=O)C1=C(C)NC2=C(C(=O)CC(C)(C)C2)[C@@H]1c1ccc(-c2cccc([N+](=O)[O-])c2)o1. The number of allylic oxidation sites excluding steroid dienone is 3. The van der Waals surface area contributed by atoms with Gasteiger partial charge in [0.15, 0.2) is 5.78 Å². The summed E-state index contributed by atoms with van der Waals surface area (Å²) in [7, 11) is 0. The van der Waals surface area contributed by atoms with E-state index in [1.807, 2.05) is 13.8 Å². The van der Waals surface area contributed by atoms with Crippen molar-refractivity contribution in [3.63, 3.8) is 0 Å². The summed E-state index contributed by atoms with van der Waals surface area (Å²) >= 11 is 0. The Kier molecular flexibility index (Phi) is 5.69. The molecule has 0 spiro atoms. The summed E-state index contributed by atoms with van der Waals surface area (Å²) in [6.45, 7) is 7.80. The fraction of sp³-hybridized carbons (Fsp3) is 0.360. The van der Waals surface area contributed by atoms with Crippen LogP contribution in [0.4, 0.5) is 5.69 Å². The Morgan fingerprint density at radius 3 is 2.73 bits per heavy atom. The molecule has 2 aromatic rings. The van der Waals surface area contributed by atoms with Crippen molar-refractivity contribution in [2.24, 2.45) is 5.41 Å². The average Bonchev–Trinajstić information content (AvgIpc) is 3.22. The lowest BCUT2D eigenvalue weighted by Gasteiger charge is -2.38. The Morgan fingerprint density at radius 2 is 2.03 bits per heavy atom. The topological polar surface area (TPSA) is 112 Å². The van der Waals surface area contributed by atoms with Gasteiger partial charge in [-0.2, -0.15) is 0 Å². The molecular weight excluding hydrogens is 424 g/mol. The molecule has 4 rings (SSSR count). The molecule has 0 saturated carbocycles. The van der Waals surface area contributed by atoms with Crippen LogP contribution in [-0.2, 0) is 14.3 Å². The minimum atomic E-state index is -0.712. The van der Waals surface area contributed by atoms with E-state index in [-0.39, 0.29) is 23.5 Å². The van der Waals surface area contributed by atoms with Crippen LogP contribution in [0.25, 0.3) is 11.3 Å². The number of nitrogens with zero attached hydrogens (tertiary/aromatic N) is 1. The molecule has 0 amide bonds. The number of carbonyl (C=O) groups is 2. The lowest BCUT2D eigenvalue weighted by molar-refractivity contribution is -0.384. The zero-order valence-corrected chi connectivity index (χ0v) is 19.1. The molecular formula is C25H26N2O6. The number of nitro groups is 1. The Hall–Kier alpha value is -3.68. The smallest absolute Gasteiger partial charge is 0.336 e. The van der Waals surface area contributed by atoms with Gasteiger partial charge in [-0.05, 0) is 37.8 Å². The van der Waals surface area contributed by atoms with Gasteiger partial charge in [-0.1, -0.05) is 26.0 Å². The molecule has 0 saturated heterocycles. The molecule has 1 aromatic carbocycles. The van der Waals surface area contributed by atoms with E-state index in [1.54, 1.807) is 38.1 Å². The van der Waals surface area contributed by atoms with Crippen LogP contribution >= 0.6 is 0 Å². The Morgan fingerprint density at radius 1 is 1.27 bits per heavy atom. The Bertz CT molecular complexity index is 1220. The number of hydrogen-bond donors (Lipinski definition) is 1. The number of carbonyl (C=O) groups excluding carboxylic acids is 2. The van der Waals surface area contributed by atoms with E-state index in [9.17, 15) is 19.7 Å². The molecule has 0 bridgehead atoms. The molecule has 0 unspecified atom stereocenters. The van der Waals surface area contributed by atoms with Crippen LogP contribution in [0.5, 0.6) is 0 Å². The maximum absolute atomic E-state index is 13.3. The molecule has 1 N–H and O–H groups in total. The lowest BCUT2D eigenvalue weighted by atomic mass is 9.69. The zero-order valence-electron chi connectivity index (χ0n) is 19.1. The minimum absolute atomic E-state index is 0.0404. The normalized spacial score (nSPS) is 19.8. The van der Waals surface area contributed by atoms with Gasteiger partial charge in [-0.25, -0.2) is 4.79 Å². The molecule has 1 aromatic heterocycles. The summed E-state index contributed by atoms with van der Waals surface area (Å²) in [5, 5.41) is 14.4. The third-order valence-corrected chi connectivity index (χ3v) is 5.99. The number of ketones is 1. The van der Waals surface area contributed by atoms with E-state index in [2.05, 4.69) is 5.32 Å². The average molecular weight is 450 g/mol. The number of nitro benzene ring substituents is 1. The standard InChI is InChI=1S/C25H26N2O6/c1-5-32-24(29)21-14(2)26-17-12-25(3,4)13-18(28)22(17)23(21)20-10-9-19(33-20)15-7-6-8-16(11-15)27(30)31/h6-11,23,26H,5,12-13H2,1-4H3/t23-/m1/s1. The first-order valence-electron chi connectivity index (χ1n) is 10.9. The number of benzene rings is 1. The second kappa shape index (κ2) is 8.35. The van der Waals surface area contributed by atoms with E-state index in [4.69, 9.17) is 9.15 Å². The van der Waals surface area contributed by atoms with E-state index in [1.165, 1.54) is 12.1 Å². The van der Waals surface area contributed by atoms with Crippen molar-refractivity contribution in [2.75, 3.05) is 6.61 Å². The predicted molar refractivity (Wildman–Crippen MR) is 121 cm³/mol. The number of dihydropyridines is 1. The first-order chi connectivity index (χ1) is 15.6. The first-order valence-corrected chi connectivity index (χ1v) is 10.9. The van der Waals surface area contributed by atoms with Gasteiger partial charge < -0.3 is 14.5 Å². The molecule has 8 heteroatoms. The van der Waals surface area contributed by atoms with Crippen molar-refractivity contribution in [3.8, 4) is 11.3 Å². The van der Waals surface area contributed by atoms with E-state index >= 15 is 0 Å². The number of Topliss-reactive ketones (excluding diaryl/α,β-unsaturated/α-hetero) is 1. The fourth-order valence-electron chi connectivity index (χ4n) is 4.64. The molecule has 1 aliphatic heterocycles. The molecule has 1 atom stereocenters. The highest BCUT2D eigenvalue weighted by molar-refractivity contribution is 6.04. The Labute approximate surface area is 191 Å². The summed E-state index contributed by atoms with van der Waals surface area (Å²) < 4.78 is 11.4. The van der Waals surface area contributed by atoms with Crippen LogP contribution in [0, 0.1) is 15.5 Å². The van der Waals surface area contributed by atoms with Gasteiger partial charge in [0.25, 0.3) is 5.69 Å². The maximum Gasteiger partial charge on any atom is 0.336 e. The molecule has 172 valence electrons. The van der Waals surface area contributed by atoms with Gasteiger partial charge in [0.2, 0.25) is 0 Å². The molecule has 1 aliphatic carbocycles. The number of rotatable bonds is 5. The molecule has 8 nitrogen and oxygen atoms in total. The number of esters is 1. The number of ether oxygens (including phenoxy) is 1. The highest BCUT2D eigenvalue weighted by Gasteiger charge is 2.44. The van der Waals surface area contributed by atoms with E-state index in [0.29, 0.717) is 46.8 Å². The third kappa shape index (κ3) is 4.20. The van der Waals surface area contributed by atoms with Crippen molar-refractivity contribution >= 4 is 17.4 Å². The van der Waals surface area contributed by atoms with Crippen molar-refractivity contribution in [3.05, 3.63) is 74.8 Å². The molecule has 0 fully saturated rings. The lowest BCUT2D eigenvalue weighted by Crippen LogP contribution is -2.38. The number of furan rings is 1. The van der Waals surface area contributed by atoms with Gasteiger partial charge in [0, 0.05) is 41.1 Å². The quantitative estimate of drug-likeness (QED) is 0.387. The van der Waals surface area contributed by atoms with Gasteiger partial charge in [0.1, 0.15) is 11.5 Å². The van der Waals surface area contributed by atoms with Gasteiger partial charge in [0.05, 0.1) is 23.0 Å². The summed E-state index contributed by atoms with van der Waals surface area (Å²) in [5.74, 6) is -0.428. The van der Waals surface area contributed by atoms with Crippen LogP contribution in [-0.4, -0.2) is 23.3 Å². The van der Waals surface area contributed by atoms with Crippen LogP contribution < -0.4 is 5.32 Å². The van der Waals surface area contributed by atoms with E-state index in [0.717, 1.165) is 5.70 Å². The maximum atomic E-state index is 13.3. The van der Waals surface area contributed by atoms with Gasteiger partial charge in [-0.15, -0.1) is 0 Å². The van der Waals surface area contributed by atoms with Crippen LogP contribution in [0.2, 0.25) is 0 Å². The van der Waals surface area contributed by atoms with Crippen LogP contribution in [0.1, 0.15) is 52.2 Å². The largest absolute Gasteiger partial charge is 0.463 e. The highest BCUT2D eigenvalue weighted by atomic mass is 16.6. The first kappa shape index (κ1) is 22.5. The minimum Gasteiger partial charge on any atom is -0.463 e. The zero-order chi connectivity index (χ0) is 23.9. The second-order valence-corrected chi connectivity index (χ2v) is 9.16. The van der Waals surface area contributed by atoms with Crippen molar-refractivity contribution in [2.45, 2.75) is 46.5 Å². The summed E-state index contributed by atoms with van der Waals surface area (Å²) in [5.41, 5.74) is 2.55. The van der Waals surface area contributed by atoms with Crippen molar-refractivity contribution in [1.29, 1.82) is 0 Å². The monoisotopic (exact) mass is 450 g/mol. The van der Waals surface area contributed by atoms with Crippen LogP contribution in [0.15, 0.2) is 63.4 Å². The summed E-state index contributed by atoms with van der Waals surface area (Å²) in [6.07, 6.45) is 1.02. The van der Waals surface area contributed by atoms with Crippen LogP contribution in [0.3, 0.4) is 0 Å². The van der Waals surface area contributed by atoms with Crippen molar-refractivity contribution in [1.82, 2.24) is 5.32 Å². The van der Waals surface area contributed by atoms with Gasteiger partial charge >= 0.3 is 5.97 Å². The summed E-state index contributed by atoms with van der Waals surface area (Å²) in [6, 6.07) is 9.55. The number of non-ortho nitro benzene ring substituents is 1. The number of nitrogens with one attached hydrogen (secondary N) is 1. The second-order valence-electron chi connectivity index (χ2n) is 9.16. The third-order valence-electron chi connectivity index (χ3n) is 5.99. The highest BCUT2D eigenvalue weighted by Crippen LogP contribution is 2.47. The molecule has 33 heavy (non-hydrogen) atoms.